The number of benzene rings is 1. The van der Waals surface area contributed by atoms with Crippen LogP contribution in [0.4, 0.5) is 0 Å². The van der Waals surface area contributed by atoms with E-state index in [0.29, 0.717) is 6.61 Å². The van der Waals surface area contributed by atoms with Crippen molar-refractivity contribution in [3.63, 3.8) is 0 Å². The maximum Gasteiger partial charge on any atom is 0.134 e. The number of rotatable bonds is 3. The normalized spacial score (nSPS) is 11.5. The van der Waals surface area contributed by atoms with Crippen molar-refractivity contribution in [3.05, 3.63) is 35.6 Å². The molecule has 0 bridgehead atoms. The van der Waals surface area contributed by atoms with E-state index in [9.17, 15) is 0 Å². The van der Waals surface area contributed by atoms with Crippen molar-refractivity contribution in [2.75, 3.05) is 0 Å². The Kier molecular flexibility index (Phi) is 2.78. The van der Waals surface area contributed by atoms with Crippen LogP contribution in [-0.2, 0) is 11.3 Å². The van der Waals surface area contributed by atoms with Gasteiger partial charge in [0.25, 0.3) is 0 Å². The van der Waals surface area contributed by atoms with Crippen molar-refractivity contribution in [2.24, 2.45) is 0 Å². The van der Waals surface area contributed by atoms with E-state index in [1.165, 1.54) is 10.9 Å². The summed E-state index contributed by atoms with van der Waals surface area (Å²) in [4.78, 5) is 0. The Morgan fingerprint density at radius 2 is 2.13 bits per heavy atom. The molecule has 2 nitrogen and oxygen atoms in total. The molecule has 1 aromatic heterocycles. The highest BCUT2D eigenvalue weighted by molar-refractivity contribution is 5.84. The molecule has 0 N–H and O–H groups in total. The fourth-order valence-corrected chi connectivity index (χ4v) is 1.71. The highest BCUT2D eigenvalue weighted by Crippen LogP contribution is 2.25. The summed E-state index contributed by atoms with van der Waals surface area (Å²) in [6, 6.07) is 6.09. The average molecular weight is 204 g/mol. The summed E-state index contributed by atoms with van der Waals surface area (Å²) in [5.41, 5.74) is 3.32. The molecule has 0 spiro atoms. The van der Waals surface area contributed by atoms with Crippen LogP contribution in [0.25, 0.3) is 11.0 Å². The predicted octanol–water partition coefficient (Wildman–Crippen LogP) is 3.67. The molecule has 2 aromatic rings. The molecule has 0 atom stereocenters. The molecule has 0 aliphatic rings. The third kappa shape index (κ3) is 2.05. The van der Waals surface area contributed by atoms with Crippen molar-refractivity contribution in [2.45, 2.75) is 33.5 Å². The first-order valence-corrected chi connectivity index (χ1v) is 5.26. The largest absolute Gasteiger partial charge is 0.464 e. The number of ether oxygens (including phenoxy) is 1. The molecule has 0 amide bonds. The summed E-state index contributed by atoms with van der Waals surface area (Å²) in [7, 11) is 0. The van der Waals surface area contributed by atoms with Crippen LogP contribution in [0.5, 0.6) is 0 Å². The molecule has 0 unspecified atom stereocenters. The van der Waals surface area contributed by atoms with Gasteiger partial charge in [0.2, 0.25) is 0 Å². The van der Waals surface area contributed by atoms with Crippen molar-refractivity contribution in [3.8, 4) is 0 Å². The first kappa shape index (κ1) is 10.2. The SMILES string of the molecule is Cc1cccc2occ(COC(C)C)c12. The van der Waals surface area contributed by atoms with E-state index in [-0.39, 0.29) is 6.10 Å². The lowest BCUT2D eigenvalue weighted by molar-refractivity contribution is 0.0660. The quantitative estimate of drug-likeness (QED) is 0.761. The van der Waals surface area contributed by atoms with Crippen LogP contribution in [0.15, 0.2) is 28.9 Å². The van der Waals surface area contributed by atoms with Crippen molar-refractivity contribution in [1.29, 1.82) is 0 Å². The van der Waals surface area contributed by atoms with Gasteiger partial charge in [0.1, 0.15) is 5.58 Å². The Bertz CT molecular complexity index is 455. The van der Waals surface area contributed by atoms with Crippen LogP contribution in [-0.4, -0.2) is 6.10 Å². The molecule has 0 fully saturated rings. The van der Waals surface area contributed by atoms with Crippen LogP contribution in [0.3, 0.4) is 0 Å². The molecule has 0 saturated carbocycles. The second-order valence-corrected chi connectivity index (χ2v) is 4.07. The maximum atomic E-state index is 5.59. The van der Waals surface area contributed by atoms with Gasteiger partial charge < -0.3 is 9.15 Å². The monoisotopic (exact) mass is 204 g/mol. The Morgan fingerprint density at radius 1 is 1.33 bits per heavy atom. The summed E-state index contributed by atoms with van der Waals surface area (Å²) in [5, 5.41) is 1.19. The number of fused-ring (bicyclic) bond motifs is 1. The van der Waals surface area contributed by atoms with Gasteiger partial charge in [-0.25, -0.2) is 0 Å². The van der Waals surface area contributed by atoms with Crippen molar-refractivity contribution >= 4 is 11.0 Å². The predicted molar refractivity (Wildman–Crippen MR) is 60.9 cm³/mol. The molecule has 2 rings (SSSR count). The Balaban J connectivity index is 2.35. The second kappa shape index (κ2) is 4.07. The summed E-state index contributed by atoms with van der Waals surface area (Å²) in [6.07, 6.45) is 2.04. The van der Waals surface area contributed by atoms with Gasteiger partial charge >= 0.3 is 0 Å². The molecule has 1 aromatic carbocycles. The van der Waals surface area contributed by atoms with Gasteiger partial charge in [-0.2, -0.15) is 0 Å². The second-order valence-electron chi connectivity index (χ2n) is 4.07. The topological polar surface area (TPSA) is 22.4 Å². The minimum absolute atomic E-state index is 0.249. The lowest BCUT2D eigenvalue weighted by Crippen LogP contribution is -2.01. The zero-order chi connectivity index (χ0) is 10.8. The first-order chi connectivity index (χ1) is 7.18. The molecule has 2 heteroatoms. The zero-order valence-electron chi connectivity index (χ0n) is 9.41. The summed E-state index contributed by atoms with van der Waals surface area (Å²) in [5.74, 6) is 0. The number of hydrogen-bond acceptors (Lipinski definition) is 2. The van der Waals surface area contributed by atoms with Crippen LogP contribution < -0.4 is 0 Å². The lowest BCUT2D eigenvalue weighted by Gasteiger charge is -2.06. The molecule has 80 valence electrons. The van der Waals surface area contributed by atoms with Crippen LogP contribution >= 0.6 is 0 Å². The first-order valence-electron chi connectivity index (χ1n) is 5.26. The summed E-state index contributed by atoms with van der Waals surface area (Å²) in [6.45, 7) is 6.79. The van der Waals surface area contributed by atoms with E-state index in [2.05, 4.69) is 13.0 Å². The van der Waals surface area contributed by atoms with E-state index in [1.807, 2.05) is 26.0 Å². The highest BCUT2D eigenvalue weighted by atomic mass is 16.5. The van der Waals surface area contributed by atoms with Crippen molar-refractivity contribution in [1.82, 2.24) is 0 Å². The van der Waals surface area contributed by atoms with Gasteiger partial charge in [-0.3, -0.25) is 0 Å². The van der Waals surface area contributed by atoms with E-state index in [4.69, 9.17) is 9.15 Å². The van der Waals surface area contributed by atoms with E-state index in [0.717, 1.165) is 11.1 Å². The molecular formula is C13H16O2. The molecule has 0 saturated heterocycles. The summed E-state index contributed by atoms with van der Waals surface area (Å²) < 4.78 is 11.1. The number of furan rings is 1. The minimum atomic E-state index is 0.249. The average Bonchev–Trinajstić information content (AvgIpc) is 2.59. The fraction of sp³-hybridized carbons (Fsp3) is 0.385. The van der Waals surface area contributed by atoms with E-state index < -0.39 is 0 Å². The third-order valence-electron chi connectivity index (χ3n) is 2.46. The Morgan fingerprint density at radius 3 is 2.87 bits per heavy atom. The maximum absolute atomic E-state index is 5.59. The number of hydrogen-bond donors (Lipinski definition) is 0. The van der Waals surface area contributed by atoms with Crippen LogP contribution in [0.2, 0.25) is 0 Å². The molecule has 15 heavy (non-hydrogen) atoms. The van der Waals surface area contributed by atoms with Crippen LogP contribution in [0.1, 0.15) is 25.0 Å². The minimum Gasteiger partial charge on any atom is -0.464 e. The summed E-state index contributed by atoms with van der Waals surface area (Å²) >= 11 is 0. The van der Waals surface area contributed by atoms with Crippen LogP contribution in [0, 0.1) is 6.92 Å². The molecule has 1 heterocycles. The van der Waals surface area contributed by atoms with Gasteiger partial charge in [0.05, 0.1) is 19.0 Å². The van der Waals surface area contributed by atoms with Gasteiger partial charge in [-0.15, -0.1) is 0 Å². The molecule has 0 aliphatic carbocycles. The van der Waals surface area contributed by atoms with E-state index >= 15 is 0 Å². The van der Waals surface area contributed by atoms with Gasteiger partial charge in [0, 0.05) is 10.9 Å². The molecular weight excluding hydrogens is 188 g/mol. The highest BCUT2D eigenvalue weighted by Gasteiger charge is 2.08. The fourth-order valence-electron chi connectivity index (χ4n) is 1.71. The third-order valence-corrected chi connectivity index (χ3v) is 2.46. The smallest absolute Gasteiger partial charge is 0.134 e. The standard InChI is InChI=1S/C13H16O2/c1-9(2)14-7-11-8-15-12-6-4-5-10(3)13(11)12/h4-6,8-9H,7H2,1-3H3. The Hall–Kier alpha value is -1.28. The van der Waals surface area contributed by atoms with Gasteiger partial charge in [-0.1, -0.05) is 12.1 Å². The van der Waals surface area contributed by atoms with Gasteiger partial charge in [0.15, 0.2) is 0 Å². The Labute approximate surface area is 89.8 Å². The lowest BCUT2D eigenvalue weighted by atomic mass is 10.1. The molecule has 0 aliphatic heterocycles. The van der Waals surface area contributed by atoms with Gasteiger partial charge in [-0.05, 0) is 32.4 Å². The van der Waals surface area contributed by atoms with E-state index in [1.54, 1.807) is 6.26 Å². The number of aryl methyl sites for hydroxylation is 1. The van der Waals surface area contributed by atoms with Crippen molar-refractivity contribution < 1.29 is 9.15 Å². The molecule has 0 radical (unpaired) electrons. The zero-order valence-corrected chi connectivity index (χ0v) is 9.41.